The van der Waals surface area contributed by atoms with Crippen molar-refractivity contribution in [1.82, 2.24) is 5.32 Å². The van der Waals surface area contributed by atoms with Crippen molar-refractivity contribution in [2.45, 2.75) is 77.9 Å². The first-order chi connectivity index (χ1) is 9.38. The summed E-state index contributed by atoms with van der Waals surface area (Å²) in [6, 6.07) is 0.402. The van der Waals surface area contributed by atoms with Crippen molar-refractivity contribution in [1.29, 1.82) is 0 Å². The highest BCUT2D eigenvalue weighted by molar-refractivity contribution is 4.85. The van der Waals surface area contributed by atoms with Crippen molar-refractivity contribution in [2.75, 3.05) is 6.54 Å². The molecule has 0 aromatic rings. The first-order valence-corrected chi connectivity index (χ1v) is 8.18. The molecule has 20 heavy (non-hydrogen) atoms. The fourth-order valence-electron chi connectivity index (χ4n) is 3.22. The second-order valence-electron chi connectivity index (χ2n) is 6.46. The molecule has 1 aliphatic rings. The Kier molecular flexibility index (Phi) is 7.35. The first kappa shape index (κ1) is 17.8. The molecule has 2 atom stereocenters. The van der Waals surface area contributed by atoms with E-state index in [0.717, 1.165) is 38.6 Å². The van der Waals surface area contributed by atoms with Gasteiger partial charge in [-0.15, -0.1) is 0 Å². The molecule has 1 saturated carbocycles. The van der Waals surface area contributed by atoms with Gasteiger partial charge in [-0.05, 0) is 56.9 Å². The summed E-state index contributed by atoms with van der Waals surface area (Å²) in [6.45, 7) is 7.53. The maximum atomic E-state index is 12.7. The van der Waals surface area contributed by atoms with E-state index in [9.17, 15) is 13.2 Å². The summed E-state index contributed by atoms with van der Waals surface area (Å²) in [4.78, 5) is 0. The minimum Gasteiger partial charge on any atom is -0.314 e. The van der Waals surface area contributed by atoms with Gasteiger partial charge in [0, 0.05) is 6.04 Å². The van der Waals surface area contributed by atoms with Crippen LogP contribution < -0.4 is 5.32 Å². The van der Waals surface area contributed by atoms with Crippen LogP contribution in [0.1, 0.15) is 65.7 Å². The SMILES string of the molecule is CCCNC(CC(C)CC)C1CCC(C(F)(F)F)CC1. The zero-order valence-corrected chi connectivity index (χ0v) is 13.1. The molecular formula is C16H30F3N. The number of nitrogens with one attached hydrogen (secondary N) is 1. The van der Waals surface area contributed by atoms with Gasteiger partial charge in [0.25, 0.3) is 0 Å². The molecule has 2 unspecified atom stereocenters. The number of hydrogen-bond donors (Lipinski definition) is 1. The predicted molar refractivity (Wildman–Crippen MR) is 77.7 cm³/mol. The van der Waals surface area contributed by atoms with Gasteiger partial charge in [0.2, 0.25) is 0 Å². The molecule has 0 aromatic carbocycles. The van der Waals surface area contributed by atoms with Gasteiger partial charge in [-0.2, -0.15) is 13.2 Å². The van der Waals surface area contributed by atoms with Crippen LogP contribution in [-0.4, -0.2) is 18.8 Å². The van der Waals surface area contributed by atoms with Crippen LogP contribution in [0.15, 0.2) is 0 Å². The predicted octanol–water partition coefficient (Wildman–Crippen LogP) is 5.16. The van der Waals surface area contributed by atoms with E-state index in [1.54, 1.807) is 0 Å². The lowest BCUT2D eigenvalue weighted by atomic mass is 9.76. The molecule has 120 valence electrons. The third-order valence-electron chi connectivity index (χ3n) is 4.81. The van der Waals surface area contributed by atoms with Crippen LogP contribution >= 0.6 is 0 Å². The van der Waals surface area contributed by atoms with Gasteiger partial charge in [0.15, 0.2) is 0 Å². The Bertz CT molecular complexity index is 257. The van der Waals surface area contributed by atoms with Gasteiger partial charge in [-0.3, -0.25) is 0 Å². The van der Waals surface area contributed by atoms with Crippen LogP contribution in [0.3, 0.4) is 0 Å². The molecule has 1 fully saturated rings. The summed E-state index contributed by atoms with van der Waals surface area (Å²) in [5.74, 6) is 0.00743. The number of hydrogen-bond acceptors (Lipinski definition) is 1. The van der Waals surface area contributed by atoms with E-state index in [0.29, 0.717) is 30.7 Å². The van der Waals surface area contributed by atoms with Crippen LogP contribution in [0.2, 0.25) is 0 Å². The number of alkyl halides is 3. The first-order valence-electron chi connectivity index (χ1n) is 8.18. The Morgan fingerprint density at radius 2 is 1.70 bits per heavy atom. The zero-order chi connectivity index (χ0) is 15.2. The molecule has 1 aliphatic carbocycles. The second-order valence-corrected chi connectivity index (χ2v) is 6.46. The van der Waals surface area contributed by atoms with E-state index >= 15 is 0 Å². The maximum Gasteiger partial charge on any atom is 0.391 e. The molecule has 4 heteroatoms. The quantitative estimate of drug-likeness (QED) is 0.683. The highest BCUT2D eigenvalue weighted by Crippen LogP contribution is 2.41. The van der Waals surface area contributed by atoms with E-state index in [1.165, 1.54) is 0 Å². The van der Waals surface area contributed by atoms with Crippen LogP contribution in [0.5, 0.6) is 0 Å². The van der Waals surface area contributed by atoms with Gasteiger partial charge in [-0.25, -0.2) is 0 Å². The average Bonchev–Trinajstić information content (AvgIpc) is 2.42. The van der Waals surface area contributed by atoms with Crippen LogP contribution in [-0.2, 0) is 0 Å². The highest BCUT2D eigenvalue weighted by atomic mass is 19.4. The molecule has 1 rings (SSSR count). The third-order valence-corrected chi connectivity index (χ3v) is 4.81. The number of rotatable bonds is 7. The third kappa shape index (κ3) is 5.63. The Morgan fingerprint density at radius 1 is 1.10 bits per heavy atom. The van der Waals surface area contributed by atoms with Gasteiger partial charge < -0.3 is 5.32 Å². The van der Waals surface area contributed by atoms with Crippen molar-refractivity contribution in [3.8, 4) is 0 Å². The molecule has 0 aliphatic heterocycles. The Hall–Kier alpha value is -0.250. The molecule has 0 heterocycles. The Labute approximate surface area is 121 Å². The van der Waals surface area contributed by atoms with Gasteiger partial charge >= 0.3 is 6.18 Å². The monoisotopic (exact) mass is 293 g/mol. The van der Waals surface area contributed by atoms with Crippen LogP contribution in [0, 0.1) is 17.8 Å². The van der Waals surface area contributed by atoms with Crippen molar-refractivity contribution in [2.24, 2.45) is 17.8 Å². The van der Waals surface area contributed by atoms with E-state index in [4.69, 9.17) is 0 Å². The largest absolute Gasteiger partial charge is 0.391 e. The molecule has 0 bridgehead atoms. The van der Waals surface area contributed by atoms with Crippen molar-refractivity contribution in [3.63, 3.8) is 0 Å². The lowest BCUT2D eigenvalue weighted by Crippen LogP contribution is -2.41. The molecule has 0 amide bonds. The average molecular weight is 293 g/mol. The molecule has 1 nitrogen and oxygen atoms in total. The fraction of sp³-hybridized carbons (Fsp3) is 1.00. The molecule has 0 radical (unpaired) electrons. The fourth-order valence-corrected chi connectivity index (χ4v) is 3.22. The van der Waals surface area contributed by atoms with Crippen LogP contribution in [0.25, 0.3) is 0 Å². The molecule has 0 spiro atoms. The van der Waals surface area contributed by atoms with E-state index < -0.39 is 12.1 Å². The minimum absolute atomic E-state index is 0.318. The summed E-state index contributed by atoms with van der Waals surface area (Å²) in [7, 11) is 0. The highest BCUT2D eigenvalue weighted by Gasteiger charge is 2.42. The van der Waals surface area contributed by atoms with Gasteiger partial charge in [-0.1, -0.05) is 27.2 Å². The van der Waals surface area contributed by atoms with Gasteiger partial charge in [0.1, 0.15) is 0 Å². The Balaban J connectivity index is 2.51. The van der Waals surface area contributed by atoms with Crippen molar-refractivity contribution < 1.29 is 13.2 Å². The smallest absolute Gasteiger partial charge is 0.314 e. The van der Waals surface area contributed by atoms with Gasteiger partial charge in [0.05, 0.1) is 5.92 Å². The summed E-state index contributed by atoms with van der Waals surface area (Å²) >= 11 is 0. The molecule has 0 aromatic heterocycles. The maximum absolute atomic E-state index is 12.7. The standard InChI is InChI=1S/C16H30F3N/c1-4-10-20-15(11-12(3)5-2)13-6-8-14(9-7-13)16(17,18)19/h12-15,20H,4-11H2,1-3H3. The summed E-state index contributed by atoms with van der Waals surface area (Å²) in [6.07, 6.45) is 1.41. The second kappa shape index (κ2) is 8.26. The molecular weight excluding hydrogens is 263 g/mol. The molecule has 0 saturated heterocycles. The summed E-state index contributed by atoms with van der Waals surface area (Å²) in [5, 5.41) is 3.58. The van der Waals surface area contributed by atoms with E-state index in [-0.39, 0.29) is 0 Å². The summed E-state index contributed by atoms with van der Waals surface area (Å²) in [5.41, 5.74) is 0. The van der Waals surface area contributed by atoms with Crippen molar-refractivity contribution in [3.05, 3.63) is 0 Å². The van der Waals surface area contributed by atoms with Crippen molar-refractivity contribution >= 4 is 0 Å². The van der Waals surface area contributed by atoms with E-state index in [1.807, 2.05) is 0 Å². The number of halogens is 3. The molecule has 1 N–H and O–H groups in total. The topological polar surface area (TPSA) is 12.0 Å². The van der Waals surface area contributed by atoms with Crippen LogP contribution in [0.4, 0.5) is 13.2 Å². The lowest BCUT2D eigenvalue weighted by Gasteiger charge is -2.36. The Morgan fingerprint density at radius 3 is 2.15 bits per heavy atom. The minimum atomic E-state index is -3.99. The normalized spacial score (nSPS) is 27.3. The lowest BCUT2D eigenvalue weighted by molar-refractivity contribution is -0.184. The summed E-state index contributed by atoms with van der Waals surface area (Å²) < 4.78 is 38.2. The zero-order valence-electron chi connectivity index (χ0n) is 13.1. The van der Waals surface area contributed by atoms with E-state index in [2.05, 4.69) is 26.1 Å².